The van der Waals surface area contributed by atoms with Gasteiger partial charge in [0.05, 0.1) is 11.0 Å². The molecule has 0 aliphatic heterocycles. The number of rotatable bonds is 15. The van der Waals surface area contributed by atoms with E-state index in [9.17, 15) is 0 Å². The summed E-state index contributed by atoms with van der Waals surface area (Å²) in [6.45, 7) is 9.01. The van der Waals surface area contributed by atoms with E-state index in [-0.39, 0.29) is 0 Å². The van der Waals surface area contributed by atoms with E-state index < -0.39 is 0 Å². The lowest BCUT2D eigenvalue weighted by Gasteiger charge is -2.28. The molecule has 0 atom stereocenters. The fourth-order valence-electron chi connectivity index (χ4n) is 13.9. The Morgan fingerprint density at radius 1 is 0.202 bits per heavy atom. The van der Waals surface area contributed by atoms with E-state index in [1.165, 1.54) is 77.0 Å². The molecule has 2 aromatic heterocycles. The quantitative estimate of drug-likeness (QED) is 0.102. The predicted octanol–water partition coefficient (Wildman–Crippen LogP) is 24.7. The molecule has 0 N–H and O–H groups in total. The number of hydrogen-bond donors (Lipinski definition) is 0. The molecular weight excluding hydrogens is 1140 g/mol. The molecule has 6 heteroatoms. The van der Waals surface area contributed by atoms with E-state index in [2.05, 4.69) is 396 Å². The molecule has 0 aliphatic carbocycles. The zero-order chi connectivity index (χ0) is 63.2. The van der Waals surface area contributed by atoms with Gasteiger partial charge in [-0.3, -0.25) is 0 Å². The van der Waals surface area contributed by atoms with Crippen molar-refractivity contribution < 1.29 is 0 Å². The normalized spacial score (nSPS) is 11.4. The van der Waals surface area contributed by atoms with Crippen molar-refractivity contribution in [3.8, 4) is 22.5 Å². The molecule has 450 valence electrons. The molecule has 0 spiro atoms. The zero-order valence-electron chi connectivity index (χ0n) is 53.0. The third-order valence-electron chi connectivity index (χ3n) is 18.9. The van der Waals surface area contributed by atoms with Crippen molar-refractivity contribution in [2.45, 2.75) is 27.7 Å². The standard InChI is InChI=1S/C88H68N6/c1-61-63(3)89(75-39-43-77(44-40-75)91(71-25-9-5-10-26-71)79-47-51-81(52-48-79)93(73-29-13-7-14-30-73)83-37-33-65-21-17-19-23-67(65)57-83)87-55-35-69(59-85(61)87)70-36-56-88-86(60-70)62(2)64(4)90(88)76-41-45-78(46-42-76)92(72-27-11-6-12-28-72)80-49-53-82(54-50-80)94(74-31-15-8-16-32-74)84-38-34-66-22-18-20-24-68(66)58-84/h5-60H,1-4H3. The number of anilines is 12. The molecule has 0 saturated carbocycles. The number of benzene rings is 14. The Morgan fingerprint density at radius 2 is 0.447 bits per heavy atom. The van der Waals surface area contributed by atoms with Crippen LogP contribution >= 0.6 is 0 Å². The van der Waals surface area contributed by atoms with Gasteiger partial charge in [0.25, 0.3) is 0 Å². The van der Waals surface area contributed by atoms with Crippen molar-refractivity contribution in [2.24, 2.45) is 0 Å². The van der Waals surface area contributed by atoms with Crippen molar-refractivity contribution >= 4 is 112 Å². The molecule has 14 aromatic carbocycles. The lowest BCUT2D eigenvalue weighted by molar-refractivity contribution is 1.04. The van der Waals surface area contributed by atoms with E-state index in [0.29, 0.717) is 0 Å². The predicted molar refractivity (Wildman–Crippen MR) is 398 cm³/mol. The van der Waals surface area contributed by atoms with Crippen LogP contribution in [0.1, 0.15) is 22.5 Å². The Morgan fingerprint density at radius 3 is 0.755 bits per heavy atom. The summed E-state index contributed by atoms with van der Waals surface area (Å²) in [6, 6.07) is 123. The fraction of sp³-hybridized carbons (Fsp3) is 0.0455. The van der Waals surface area contributed by atoms with E-state index >= 15 is 0 Å². The highest BCUT2D eigenvalue weighted by atomic mass is 15.2. The molecule has 0 aliphatic rings. The number of fused-ring (bicyclic) bond motifs is 4. The monoisotopic (exact) mass is 1210 g/mol. The van der Waals surface area contributed by atoms with Gasteiger partial charge < -0.3 is 28.7 Å². The molecule has 16 aromatic rings. The minimum absolute atomic E-state index is 1.07. The largest absolute Gasteiger partial charge is 0.314 e. The summed E-state index contributed by atoms with van der Waals surface area (Å²) in [5, 5.41) is 7.37. The molecule has 0 bridgehead atoms. The molecule has 0 radical (unpaired) electrons. The third kappa shape index (κ3) is 10.5. The molecular formula is C88H68N6. The van der Waals surface area contributed by atoms with Gasteiger partial charge >= 0.3 is 0 Å². The second kappa shape index (κ2) is 24.3. The smallest absolute Gasteiger partial charge is 0.0534 e. The Hall–Kier alpha value is -12.1. The third-order valence-corrected chi connectivity index (χ3v) is 18.9. The van der Waals surface area contributed by atoms with Crippen LogP contribution in [0.15, 0.2) is 340 Å². The Kier molecular flexibility index (Phi) is 14.7. The van der Waals surface area contributed by atoms with Crippen LogP contribution in [0.3, 0.4) is 0 Å². The van der Waals surface area contributed by atoms with Gasteiger partial charge in [-0.1, -0.05) is 146 Å². The highest BCUT2D eigenvalue weighted by Gasteiger charge is 2.22. The maximum absolute atomic E-state index is 2.41. The Bertz CT molecular complexity index is 5050. The van der Waals surface area contributed by atoms with Gasteiger partial charge in [-0.25, -0.2) is 0 Å². The van der Waals surface area contributed by atoms with Crippen molar-refractivity contribution in [3.63, 3.8) is 0 Å². The fourth-order valence-corrected chi connectivity index (χ4v) is 13.9. The molecule has 0 amide bonds. The van der Waals surface area contributed by atoms with Crippen molar-refractivity contribution in [1.29, 1.82) is 0 Å². The van der Waals surface area contributed by atoms with Gasteiger partial charge in [0.1, 0.15) is 0 Å². The van der Waals surface area contributed by atoms with E-state index in [1.54, 1.807) is 0 Å². The first-order chi connectivity index (χ1) is 46.3. The molecule has 16 rings (SSSR count). The Labute approximate surface area is 549 Å². The minimum Gasteiger partial charge on any atom is -0.314 e. The summed E-state index contributed by atoms with van der Waals surface area (Å²) in [5.74, 6) is 0. The van der Waals surface area contributed by atoms with Gasteiger partial charge in [0.2, 0.25) is 0 Å². The van der Waals surface area contributed by atoms with Crippen molar-refractivity contribution in [1.82, 2.24) is 9.13 Å². The average molecular weight is 1210 g/mol. The van der Waals surface area contributed by atoms with Gasteiger partial charge in [0.15, 0.2) is 0 Å². The van der Waals surface area contributed by atoms with Crippen molar-refractivity contribution in [2.75, 3.05) is 19.6 Å². The highest BCUT2D eigenvalue weighted by molar-refractivity contribution is 5.96. The number of aromatic nitrogens is 2. The second-order valence-electron chi connectivity index (χ2n) is 24.4. The van der Waals surface area contributed by atoms with Crippen molar-refractivity contribution in [3.05, 3.63) is 362 Å². The number of aryl methyl sites for hydroxylation is 2. The summed E-state index contributed by atoms with van der Waals surface area (Å²) in [5.41, 5.74) is 25.1. The zero-order valence-corrected chi connectivity index (χ0v) is 53.0. The molecule has 2 heterocycles. The number of hydrogen-bond acceptors (Lipinski definition) is 4. The summed E-state index contributed by atoms with van der Waals surface area (Å²) < 4.78 is 4.82. The van der Waals surface area contributed by atoms with Crippen LogP contribution in [-0.2, 0) is 0 Å². The Balaban J connectivity index is 0.673. The van der Waals surface area contributed by atoms with E-state index in [1.807, 2.05) is 0 Å². The maximum Gasteiger partial charge on any atom is 0.0534 e. The molecule has 6 nitrogen and oxygen atoms in total. The van der Waals surface area contributed by atoms with Gasteiger partial charge in [0, 0.05) is 102 Å². The van der Waals surface area contributed by atoms with Crippen LogP contribution in [0.2, 0.25) is 0 Å². The van der Waals surface area contributed by atoms with Gasteiger partial charge in [-0.2, -0.15) is 0 Å². The number of para-hydroxylation sites is 4. The number of nitrogens with zero attached hydrogens (tertiary/aromatic N) is 6. The van der Waals surface area contributed by atoms with E-state index in [4.69, 9.17) is 0 Å². The van der Waals surface area contributed by atoms with Crippen LogP contribution in [0, 0.1) is 27.7 Å². The molecule has 0 saturated heterocycles. The first-order valence-corrected chi connectivity index (χ1v) is 32.3. The first kappa shape index (κ1) is 57.1. The van der Waals surface area contributed by atoms with Crippen LogP contribution in [0.4, 0.5) is 68.2 Å². The van der Waals surface area contributed by atoms with Crippen LogP contribution in [0.5, 0.6) is 0 Å². The van der Waals surface area contributed by atoms with Crippen LogP contribution in [-0.4, -0.2) is 9.13 Å². The molecule has 0 fully saturated rings. The SMILES string of the molecule is Cc1c(C)n(-c2ccc(N(c3ccccc3)c3ccc(N(c4ccccc4)c4ccc5ccccc5c4)cc3)cc2)c2ccc(-c3ccc4c(c3)c(C)c(C)n4-c3ccc(N(c4ccccc4)c4ccc(N(c5ccccc5)c5ccc6ccccc6c5)cc4)cc3)cc12. The van der Waals surface area contributed by atoms with Crippen LogP contribution < -0.4 is 19.6 Å². The minimum atomic E-state index is 1.07. The highest BCUT2D eigenvalue weighted by Crippen LogP contribution is 2.44. The molecule has 0 unspecified atom stereocenters. The van der Waals surface area contributed by atoms with Crippen LogP contribution in [0.25, 0.3) is 65.9 Å². The lowest BCUT2D eigenvalue weighted by Crippen LogP contribution is -2.12. The summed E-state index contributed by atoms with van der Waals surface area (Å²) in [7, 11) is 0. The van der Waals surface area contributed by atoms with E-state index in [0.717, 1.165) is 79.6 Å². The average Bonchev–Trinajstić information content (AvgIpc) is 1.57. The summed E-state index contributed by atoms with van der Waals surface area (Å²) in [4.78, 5) is 9.35. The first-order valence-electron chi connectivity index (χ1n) is 32.3. The lowest BCUT2D eigenvalue weighted by atomic mass is 10.00. The topological polar surface area (TPSA) is 22.8 Å². The summed E-state index contributed by atoms with van der Waals surface area (Å²) >= 11 is 0. The molecule has 94 heavy (non-hydrogen) atoms. The summed E-state index contributed by atoms with van der Waals surface area (Å²) in [6.07, 6.45) is 0. The second-order valence-corrected chi connectivity index (χ2v) is 24.4. The van der Waals surface area contributed by atoms with Gasteiger partial charge in [-0.15, -0.1) is 0 Å². The van der Waals surface area contributed by atoms with Gasteiger partial charge in [-0.05, 0) is 266 Å². The maximum atomic E-state index is 2.41.